The number of rotatable bonds is 8. The number of aromatic hydroxyl groups is 1. The van der Waals surface area contributed by atoms with Crippen molar-refractivity contribution >= 4 is 29.1 Å². The average Bonchev–Trinajstić information content (AvgIpc) is 2.92. The fraction of sp³-hybridized carbons (Fsp3) is 0.138. The lowest BCUT2D eigenvalue weighted by atomic mass is 9.82. The highest BCUT2D eigenvalue weighted by Crippen LogP contribution is 2.43. The molecule has 8 heteroatoms. The third kappa shape index (κ3) is 5.68. The number of methoxy groups -OCH3 is 1. The number of ketones is 1. The molecule has 3 aromatic carbocycles. The van der Waals surface area contributed by atoms with Gasteiger partial charge in [0.1, 0.15) is 0 Å². The minimum atomic E-state index is -0.751. The van der Waals surface area contributed by atoms with Crippen molar-refractivity contribution in [2.75, 3.05) is 18.2 Å². The van der Waals surface area contributed by atoms with Gasteiger partial charge in [-0.2, -0.15) is 5.26 Å². The molecule has 3 aromatic rings. The molecule has 1 aliphatic heterocycles. The number of ether oxygens (including phenoxy) is 1. The minimum Gasteiger partial charge on any atom is -0.504 e. The van der Waals surface area contributed by atoms with Crippen LogP contribution >= 0.6 is 11.8 Å². The summed E-state index contributed by atoms with van der Waals surface area (Å²) >= 11 is 1.22. The van der Waals surface area contributed by atoms with Gasteiger partial charge in [0, 0.05) is 22.5 Å². The number of phenols is 1. The molecule has 3 N–H and O–H groups in total. The summed E-state index contributed by atoms with van der Waals surface area (Å²) in [5.74, 6) is -0.912. The number of benzene rings is 3. The number of anilines is 1. The molecule has 1 heterocycles. The van der Waals surface area contributed by atoms with Gasteiger partial charge in [-0.15, -0.1) is 0 Å². The summed E-state index contributed by atoms with van der Waals surface area (Å²) in [5, 5.41) is 27.0. The van der Waals surface area contributed by atoms with E-state index in [1.54, 1.807) is 55.5 Å². The first kappa shape index (κ1) is 25.6. The Kier molecular flexibility index (Phi) is 7.96. The van der Waals surface area contributed by atoms with E-state index in [0.717, 1.165) is 0 Å². The first-order valence-electron chi connectivity index (χ1n) is 11.5. The Morgan fingerprint density at radius 1 is 1.08 bits per heavy atom. The normalized spacial score (nSPS) is 15.0. The standard InChI is InChI=1S/C29H25N3O4S/c1-18-26(28(35)32-21-11-7-4-8-12-21)27(20-13-14-23(33)25(15-20)36-2)22(16-30)29(31-18)37-17-24(34)19-9-5-3-6-10-19/h3-15,27,31,33H,17H2,1-2H3,(H,32,35). The van der Waals surface area contributed by atoms with Crippen LogP contribution in [0.3, 0.4) is 0 Å². The zero-order valence-corrected chi connectivity index (χ0v) is 21.1. The van der Waals surface area contributed by atoms with Crippen LogP contribution in [0.4, 0.5) is 5.69 Å². The molecule has 1 unspecified atom stereocenters. The van der Waals surface area contributed by atoms with Crippen molar-refractivity contribution < 1.29 is 19.4 Å². The number of nitrogens with zero attached hydrogens (tertiary/aromatic N) is 1. The molecule has 0 saturated carbocycles. The second kappa shape index (κ2) is 11.5. The molecule has 1 atom stereocenters. The monoisotopic (exact) mass is 511 g/mol. The molecule has 0 bridgehead atoms. The van der Waals surface area contributed by atoms with Crippen LogP contribution in [-0.2, 0) is 4.79 Å². The lowest BCUT2D eigenvalue weighted by Gasteiger charge is -2.30. The third-order valence-electron chi connectivity index (χ3n) is 5.90. The van der Waals surface area contributed by atoms with Crippen molar-refractivity contribution in [2.45, 2.75) is 12.8 Å². The van der Waals surface area contributed by atoms with Crippen LogP contribution in [-0.4, -0.2) is 29.7 Å². The van der Waals surface area contributed by atoms with Crippen molar-refractivity contribution in [1.29, 1.82) is 5.26 Å². The van der Waals surface area contributed by atoms with Gasteiger partial charge in [-0.1, -0.05) is 66.4 Å². The summed E-state index contributed by atoms with van der Waals surface area (Å²) in [4.78, 5) is 26.3. The quantitative estimate of drug-likeness (QED) is 0.350. The molecule has 186 valence electrons. The smallest absolute Gasteiger partial charge is 0.254 e. The number of para-hydroxylation sites is 1. The molecule has 0 aromatic heterocycles. The fourth-order valence-corrected chi connectivity index (χ4v) is 5.09. The van der Waals surface area contributed by atoms with E-state index in [0.29, 0.717) is 38.7 Å². The number of carbonyl (C=O) groups is 2. The van der Waals surface area contributed by atoms with E-state index in [2.05, 4.69) is 16.7 Å². The lowest BCUT2D eigenvalue weighted by molar-refractivity contribution is -0.113. The molecular formula is C29H25N3O4S. The van der Waals surface area contributed by atoms with Crippen LogP contribution < -0.4 is 15.4 Å². The number of allylic oxidation sites excluding steroid dienone is 2. The van der Waals surface area contributed by atoms with E-state index in [-0.39, 0.29) is 28.9 Å². The summed E-state index contributed by atoms with van der Waals surface area (Å²) in [6.45, 7) is 1.76. The van der Waals surface area contributed by atoms with Crippen molar-refractivity contribution in [3.8, 4) is 17.6 Å². The highest BCUT2D eigenvalue weighted by molar-refractivity contribution is 8.03. The Bertz CT molecular complexity index is 1430. The van der Waals surface area contributed by atoms with Crippen LogP contribution in [0.25, 0.3) is 0 Å². The third-order valence-corrected chi connectivity index (χ3v) is 6.92. The molecule has 7 nitrogen and oxygen atoms in total. The summed E-state index contributed by atoms with van der Waals surface area (Å²) in [5.41, 5.74) is 3.00. The van der Waals surface area contributed by atoms with Gasteiger partial charge < -0.3 is 20.5 Å². The maximum absolute atomic E-state index is 13.5. The number of Topliss-reactive ketones (excluding diaryl/α,β-unsaturated/α-hetero) is 1. The number of nitrogens with one attached hydrogen (secondary N) is 2. The lowest BCUT2D eigenvalue weighted by Crippen LogP contribution is -2.31. The minimum absolute atomic E-state index is 0.0540. The predicted molar refractivity (Wildman–Crippen MR) is 144 cm³/mol. The number of hydrogen-bond donors (Lipinski definition) is 3. The summed E-state index contributed by atoms with van der Waals surface area (Å²) in [7, 11) is 1.43. The average molecular weight is 512 g/mol. The van der Waals surface area contributed by atoms with Crippen LogP contribution in [0.1, 0.15) is 28.8 Å². The Hall–Kier alpha value is -4.48. The second-order valence-corrected chi connectivity index (χ2v) is 9.27. The summed E-state index contributed by atoms with van der Waals surface area (Å²) in [6.07, 6.45) is 0. The van der Waals surface area contributed by atoms with Gasteiger partial charge in [0.15, 0.2) is 17.3 Å². The Labute approximate surface area is 219 Å². The predicted octanol–water partition coefficient (Wildman–Crippen LogP) is 5.35. The highest BCUT2D eigenvalue weighted by Gasteiger charge is 2.35. The first-order chi connectivity index (χ1) is 17.9. The molecule has 1 aliphatic rings. The number of carbonyl (C=O) groups excluding carboxylic acids is 2. The zero-order valence-electron chi connectivity index (χ0n) is 20.3. The number of phenolic OH excluding ortho intramolecular Hbond substituents is 1. The fourth-order valence-electron chi connectivity index (χ4n) is 4.10. The molecular weight excluding hydrogens is 486 g/mol. The molecule has 0 spiro atoms. The Morgan fingerprint density at radius 3 is 2.41 bits per heavy atom. The van der Waals surface area contributed by atoms with Crippen molar-refractivity contribution in [2.24, 2.45) is 0 Å². The van der Waals surface area contributed by atoms with Gasteiger partial charge in [-0.3, -0.25) is 9.59 Å². The van der Waals surface area contributed by atoms with Gasteiger partial charge >= 0.3 is 0 Å². The maximum Gasteiger partial charge on any atom is 0.254 e. The van der Waals surface area contributed by atoms with E-state index in [1.807, 2.05) is 24.3 Å². The van der Waals surface area contributed by atoms with Gasteiger partial charge in [0.25, 0.3) is 5.91 Å². The molecule has 0 aliphatic carbocycles. The van der Waals surface area contributed by atoms with E-state index in [9.17, 15) is 20.0 Å². The SMILES string of the molecule is COc1cc(C2C(C#N)=C(SCC(=O)c3ccccc3)NC(C)=C2C(=O)Nc2ccccc2)ccc1O. The number of hydrogen-bond acceptors (Lipinski definition) is 7. The molecule has 37 heavy (non-hydrogen) atoms. The zero-order chi connectivity index (χ0) is 26.4. The largest absolute Gasteiger partial charge is 0.504 e. The second-order valence-electron chi connectivity index (χ2n) is 8.28. The number of nitriles is 1. The Balaban J connectivity index is 1.73. The van der Waals surface area contributed by atoms with E-state index in [4.69, 9.17) is 4.74 Å². The van der Waals surface area contributed by atoms with Gasteiger partial charge in [0.05, 0.1) is 35.5 Å². The van der Waals surface area contributed by atoms with E-state index < -0.39 is 5.92 Å². The highest BCUT2D eigenvalue weighted by atomic mass is 32.2. The van der Waals surface area contributed by atoms with Crippen molar-refractivity contribution in [3.63, 3.8) is 0 Å². The molecule has 0 saturated heterocycles. The molecule has 4 rings (SSSR count). The van der Waals surface area contributed by atoms with Crippen LogP contribution in [0.5, 0.6) is 11.5 Å². The number of thioether (sulfide) groups is 1. The van der Waals surface area contributed by atoms with E-state index >= 15 is 0 Å². The number of dihydropyridines is 1. The molecule has 0 fully saturated rings. The van der Waals surface area contributed by atoms with Crippen molar-refractivity contribution in [3.05, 3.63) is 112 Å². The maximum atomic E-state index is 13.5. The van der Waals surface area contributed by atoms with Gasteiger partial charge in [-0.25, -0.2) is 0 Å². The van der Waals surface area contributed by atoms with Gasteiger partial charge in [0.2, 0.25) is 0 Å². The van der Waals surface area contributed by atoms with Gasteiger partial charge in [-0.05, 0) is 36.8 Å². The van der Waals surface area contributed by atoms with E-state index in [1.165, 1.54) is 24.9 Å². The van der Waals surface area contributed by atoms with Crippen LogP contribution in [0.15, 0.2) is 101 Å². The molecule has 1 amide bonds. The summed E-state index contributed by atoms with van der Waals surface area (Å²) < 4.78 is 5.29. The molecule has 0 radical (unpaired) electrons. The van der Waals surface area contributed by atoms with Crippen molar-refractivity contribution in [1.82, 2.24) is 5.32 Å². The van der Waals surface area contributed by atoms with Crippen LogP contribution in [0, 0.1) is 11.3 Å². The summed E-state index contributed by atoms with van der Waals surface area (Å²) in [6, 6.07) is 25.0. The topological polar surface area (TPSA) is 111 Å². The Morgan fingerprint density at radius 2 is 1.76 bits per heavy atom. The first-order valence-corrected chi connectivity index (χ1v) is 12.5. The van der Waals surface area contributed by atoms with Crippen LogP contribution in [0.2, 0.25) is 0 Å². The number of amides is 1.